The van der Waals surface area contributed by atoms with Crippen molar-refractivity contribution in [1.82, 2.24) is 10.3 Å². The van der Waals surface area contributed by atoms with Crippen LogP contribution in [-0.2, 0) is 24.3 Å². The first-order valence-electron chi connectivity index (χ1n) is 11.5. The molecule has 0 bridgehead atoms. The molecule has 1 aromatic heterocycles. The van der Waals surface area contributed by atoms with Gasteiger partial charge in [0.25, 0.3) is 0 Å². The molecule has 1 unspecified atom stereocenters. The number of halogens is 7. The van der Waals surface area contributed by atoms with Gasteiger partial charge in [0.05, 0.1) is 21.8 Å². The minimum Gasteiger partial charge on any atom is -0.322 e. The highest BCUT2D eigenvalue weighted by Gasteiger charge is 2.43. The number of hydrogen-bond acceptors (Lipinski definition) is 2. The number of carbonyl (C=O) groups excluding carboxylic acids is 1. The van der Waals surface area contributed by atoms with Crippen LogP contribution in [0.4, 0.5) is 36.8 Å². The Morgan fingerprint density at radius 2 is 1.28 bits per heavy atom. The van der Waals surface area contributed by atoms with E-state index in [1.807, 2.05) is 0 Å². The molecule has 4 rings (SSSR count). The Balaban J connectivity index is 1.98. The van der Waals surface area contributed by atoms with Gasteiger partial charge in [0.1, 0.15) is 5.54 Å². The Morgan fingerprint density at radius 1 is 0.744 bits per heavy atom. The average molecular weight is 564 g/mol. The Kier molecular flexibility index (Phi) is 7.87. The van der Waals surface area contributed by atoms with Crippen molar-refractivity contribution in [3.05, 3.63) is 130 Å². The number of benzene rings is 3. The second-order valence-electron chi connectivity index (χ2n) is 8.67. The molecule has 0 aliphatic rings. The lowest BCUT2D eigenvalue weighted by atomic mass is 9.79. The molecule has 0 aliphatic heterocycles. The topological polar surface area (TPSA) is 54.0 Å². The fourth-order valence-electron chi connectivity index (χ4n) is 4.13. The number of nitrogens with zero attached hydrogens (tertiary/aromatic N) is 1. The number of carbonyl (C=O) groups is 1. The van der Waals surface area contributed by atoms with Gasteiger partial charge in [0.2, 0.25) is 0 Å². The summed E-state index contributed by atoms with van der Waals surface area (Å²) in [5.74, 6) is 0. The van der Waals surface area contributed by atoms with Crippen molar-refractivity contribution in [3.63, 3.8) is 0 Å². The molecule has 0 saturated carbocycles. The lowest BCUT2D eigenvalue weighted by Crippen LogP contribution is -2.51. The summed E-state index contributed by atoms with van der Waals surface area (Å²) in [6, 6.07) is 19.5. The summed E-state index contributed by atoms with van der Waals surface area (Å²) < 4.78 is 83.1. The van der Waals surface area contributed by atoms with Gasteiger partial charge in [-0.3, -0.25) is 4.98 Å². The largest absolute Gasteiger partial charge is 0.416 e. The standard InChI is InChI=1S/C28H20ClF6N3O/c29-22-11-12-24(36-17-22)26(16-18-7-3-1-4-8-18,38-25(39)37-23-9-5-2-6-10-23)19-13-20(27(30,31)32)15-21(14-19)28(33,34)35/h1-15,17H,16H2,(H2,37,38,39). The summed E-state index contributed by atoms with van der Waals surface area (Å²) in [5.41, 5.74) is -4.65. The van der Waals surface area contributed by atoms with Gasteiger partial charge in [-0.2, -0.15) is 26.3 Å². The number of rotatable bonds is 6. The number of aromatic nitrogens is 1. The van der Waals surface area contributed by atoms with Gasteiger partial charge in [-0.25, -0.2) is 4.79 Å². The highest BCUT2D eigenvalue weighted by Crippen LogP contribution is 2.41. The maximum Gasteiger partial charge on any atom is 0.416 e. The number of pyridine rings is 1. The first-order chi connectivity index (χ1) is 18.4. The maximum absolute atomic E-state index is 13.9. The van der Waals surface area contributed by atoms with Gasteiger partial charge in [0, 0.05) is 18.3 Å². The van der Waals surface area contributed by atoms with Crippen LogP contribution < -0.4 is 10.6 Å². The van der Waals surface area contributed by atoms with Crippen LogP contribution in [0.3, 0.4) is 0 Å². The maximum atomic E-state index is 13.9. The number of alkyl halides is 6. The monoisotopic (exact) mass is 563 g/mol. The minimum atomic E-state index is -5.10. The molecule has 0 saturated heterocycles. The summed E-state index contributed by atoms with van der Waals surface area (Å²) in [6.07, 6.45) is -9.24. The number of nitrogens with one attached hydrogen (secondary N) is 2. The zero-order chi connectivity index (χ0) is 28.3. The lowest BCUT2D eigenvalue weighted by Gasteiger charge is -2.36. The average Bonchev–Trinajstić information content (AvgIpc) is 2.88. The highest BCUT2D eigenvalue weighted by molar-refractivity contribution is 6.30. The third-order valence-corrected chi connectivity index (χ3v) is 6.14. The van der Waals surface area contributed by atoms with Crippen LogP contribution in [0.25, 0.3) is 0 Å². The van der Waals surface area contributed by atoms with Crippen LogP contribution in [0.5, 0.6) is 0 Å². The van der Waals surface area contributed by atoms with E-state index in [1.165, 1.54) is 18.3 Å². The first-order valence-corrected chi connectivity index (χ1v) is 11.8. The van der Waals surface area contributed by atoms with Gasteiger partial charge >= 0.3 is 18.4 Å². The van der Waals surface area contributed by atoms with Crippen molar-refractivity contribution in [2.75, 3.05) is 5.32 Å². The molecule has 2 amide bonds. The van der Waals surface area contributed by atoms with E-state index in [0.29, 0.717) is 23.4 Å². The Labute approximate surface area is 224 Å². The van der Waals surface area contributed by atoms with Crippen LogP contribution in [0.15, 0.2) is 97.2 Å². The molecule has 0 aliphatic carbocycles. The van der Waals surface area contributed by atoms with Gasteiger partial charge in [-0.1, -0.05) is 60.1 Å². The molecule has 1 heterocycles. The molecule has 2 N–H and O–H groups in total. The summed E-state index contributed by atoms with van der Waals surface area (Å²) >= 11 is 5.99. The van der Waals surface area contributed by atoms with E-state index in [1.54, 1.807) is 60.7 Å². The number of hydrogen-bond donors (Lipinski definition) is 2. The molecule has 0 spiro atoms. The highest BCUT2D eigenvalue weighted by atomic mass is 35.5. The van der Waals surface area contributed by atoms with Gasteiger partial charge in [-0.05, 0) is 53.6 Å². The quantitative estimate of drug-likeness (QED) is 0.233. The molecule has 11 heteroatoms. The Morgan fingerprint density at radius 3 is 1.79 bits per heavy atom. The van der Waals surface area contributed by atoms with Gasteiger partial charge in [-0.15, -0.1) is 0 Å². The van der Waals surface area contributed by atoms with Crippen LogP contribution in [0.1, 0.15) is 27.9 Å². The number of amides is 2. The predicted molar refractivity (Wildman–Crippen MR) is 135 cm³/mol. The lowest BCUT2D eigenvalue weighted by molar-refractivity contribution is -0.143. The van der Waals surface area contributed by atoms with E-state index in [-0.39, 0.29) is 23.2 Å². The minimum absolute atomic E-state index is 0.0218. The fraction of sp³-hybridized carbons (Fsp3) is 0.143. The van der Waals surface area contributed by atoms with E-state index in [2.05, 4.69) is 15.6 Å². The molecule has 1 atom stereocenters. The van der Waals surface area contributed by atoms with Crippen LogP contribution >= 0.6 is 11.6 Å². The van der Waals surface area contributed by atoms with Crippen molar-refractivity contribution in [3.8, 4) is 0 Å². The number of anilines is 1. The zero-order valence-electron chi connectivity index (χ0n) is 19.9. The van der Waals surface area contributed by atoms with Gasteiger partial charge in [0.15, 0.2) is 0 Å². The molecular formula is C28H20ClF6N3O. The number of urea groups is 1. The fourth-order valence-corrected chi connectivity index (χ4v) is 4.24. The van der Waals surface area contributed by atoms with Crippen molar-refractivity contribution in [1.29, 1.82) is 0 Å². The van der Waals surface area contributed by atoms with Crippen molar-refractivity contribution in [2.24, 2.45) is 0 Å². The Bertz CT molecular complexity index is 1400. The van der Waals surface area contributed by atoms with E-state index < -0.39 is 40.6 Å². The molecule has 39 heavy (non-hydrogen) atoms. The summed E-state index contributed by atoms with van der Waals surface area (Å²) in [4.78, 5) is 17.5. The zero-order valence-corrected chi connectivity index (χ0v) is 20.7. The molecule has 3 aromatic carbocycles. The molecule has 4 aromatic rings. The summed E-state index contributed by atoms with van der Waals surface area (Å²) in [5, 5.41) is 5.40. The molecular weight excluding hydrogens is 544 g/mol. The SMILES string of the molecule is O=C(Nc1ccccc1)NC(Cc1ccccc1)(c1cc(C(F)(F)F)cc(C(F)(F)F)c1)c1ccc(Cl)cn1. The smallest absolute Gasteiger partial charge is 0.322 e. The number of para-hydroxylation sites is 1. The van der Waals surface area contributed by atoms with Crippen molar-refractivity contribution in [2.45, 2.75) is 24.3 Å². The molecule has 0 radical (unpaired) electrons. The second-order valence-corrected chi connectivity index (χ2v) is 9.11. The second kappa shape index (κ2) is 11.0. The van der Waals surface area contributed by atoms with Crippen LogP contribution in [0, 0.1) is 0 Å². The van der Waals surface area contributed by atoms with E-state index in [9.17, 15) is 31.1 Å². The third-order valence-electron chi connectivity index (χ3n) is 5.92. The molecule has 202 valence electrons. The van der Waals surface area contributed by atoms with E-state index in [0.717, 1.165) is 0 Å². The van der Waals surface area contributed by atoms with Crippen molar-refractivity contribution < 1.29 is 31.1 Å². The molecule has 4 nitrogen and oxygen atoms in total. The molecule has 0 fully saturated rings. The third kappa shape index (κ3) is 6.69. The predicted octanol–water partition coefficient (Wildman–Crippen LogP) is 8.08. The Hall–Kier alpha value is -4.05. The normalized spacial score (nSPS) is 13.4. The van der Waals surface area contributed by atoms with Crippen LogP contribution in [-0.4, -0.2) is 11.0 Å². The van der Waals surface area contributed by atoms with E-state index >= 15 is 0 Å². The van der Waals surface area contributed by atoms with Gasteiger partial charge < -0.3 is 10.6 Å². The van der Waals surface area contributed by atoms with Crippen molar-refractivity contribution >= 4 is 23.3 Å². The first kappa shape index (κ1) is 28.0. The summed E-state index contributed by atoms with van der Waals surface area (Å²) in [7, 11) is 0. The van der Waals surface area contributed by atoms with E-state index in [4.69, 9.17) is 11.6 Å². The van der Waals surface area contributed by atoms with Crippen LogP contribution in [0.2, 0.25) is 5.02 Å². The summed E-state index contributed by atoms with van der Waals surface area (Å²) in [6.45, 7) is 0.